The fourth-order valence-electron chi connectivity index (χ4n) is 3.28. The van der Waals surface area contributed by atoms with Gasteiger partial charge in [-0.25, -0.2) is 9.97 Å². The van der Waals surface area contributed by atoms with Gasteiger partial charge in [0, 0.05) is 19.1 Å². The Hall–Kier alpha value is -2.87. The highest BCUT2D eigenvalue weighted by atomic mass is 35.5. The van der Waals surface area contributed by atoms with Crippen LogP contribution in [0.1, 0.15) is 12.8 Å². The van der Waals surface area contributed by atoms with E-state index in [0.717, 1.165) is 36.3 Å². The fraction of sp³-hybridized carbons (Fsp3) is 0.333. The normalized spacial score (nSPS) is 17.1. The van der Waals surface area contributed by atoms with Crippen molar-refractivity contribution >= 4 is 40.0 Å². The molecule has 8 nitrogen and oxygen atoms in total. The van der Waals surface area contributed by atoms with Crippen molar-refractivity contribution < 1.29 is 4.79 Å². The van der Waals surface area contributed by atoms with Crippen molar-refractivity contribution in [2.75, 3.05) is 30.3 Å². The molecule has 1 aromatic carbocycles. The molecule has 4 rings (SSSR count). The zero-order chi connectivity index (χ0) is 18.6. The third kappa shape index (κ3) is 3.95. The number of fused-ring (bicyclic) bond motifs is 1. The number of likely N-dealkylation sites (tertiary alicyclic amines) is 1. The molecule has 3 heterocycles. The minimum absolute atomic E-state index is 0.0533. The first-order valence-corrected chi connectivity index (χ1v) is 9.25. The van der Waals surface area contributed by atoms with Crippen molar-refractivity contribution in [3.05, 3.63) is 41.8 Å². The number of hydrogen-bond donors (Lipinski definition) is 3. The minimum atomic E-state index is 0.0533. The number of H-pyrrole nitrogens is 1. The summed E-state index contributed by atoms with van der Waals surface area (Å²) in [7, 11) is 0. The quantitative estimate of drug-likeness (QED) is 0.624. The van der Waals surface area contributed by atoms with E-state index in [2.05, 4.69) is 30.8 Å². The summed E-state index contributed by atoms with van der Waals surface area (Å²) in [6.45, 7) is 1.61. The molecular weight excluding hydrogens is 366 g/mol. The number of aromatic amines is 1. The predicted molar refractivity (Wildman–Crippen MR) is 105 cm³/mol. The third-order valence-corrected chi connectivity index (χ3v) is 5.00. The van der Waals surface area contributed by atoms with Gasteiger partial charge in [0.1, 0.15) is 12.1 Å². The molecule has 3 N–H and O–H groups in total. The second-order valence-electron chi connectivity index (χ2n) is 6.51. The van der Waals surface area contributed by atoms with Crippen LogP contribution >= 0.6 is 11.6 Å². The van der Waals surface area contributed by atoms with Gasteiger partial charge < -0.3 is 15.5 Å². The van der Waals surface area contributed by atoms with Crippen molar-refractivity contribution in [2.45, 2.75) is 18.9 Å². The number of hydrogen-bond acceptors (Lipinski definition) is 6. The largest absolute Gasteiger partial charge is 0.375 e. The Morgan fingerprint density at radius 3 is 3.11 bits per heavy atom. The molecule has 1 unspecified atom stereocenters. The topological polar surface area (TPSA) is 98.8 Å². The van der Waals surface area contributed by atoms with E-state index >= 15 is 0 Å². The number of rotatable bonds is 5. The lowest BCUT2D eigenvalue weighted by atomic mass is 10.1. The molecule has 27 heavy (non-hydrogen) atoms. The maximum Gasteiger partial charge on any atom is 0.241 e. The van der Waals surface area contributed by atoms with Crippen LogP contribution in [0.3, 0.4) is 0 Å². The number of piperidine rings is 1. The molecule has 1 atom stereocenters. The van der Waals surface area contributed by atoms with E-state index in [4.69, 9.17) is 11.6 Å². The van der Waals surface area contributed by atoms with Crippen molar-refractivity contribution in [2.24, 2.45) is 0 Å². The first-order chi connectivity index (χ1) is 13.2. The molecule has 2 aromatic heterocycles. The first kappa shape index (κ1) is 17.5. The highest BCUT2D eigenvalue weighted by Crippen LogP contribution is 2.22. The van der Waals surface area contributed by atoms with Crippen LogP contribution in [0.4, 0.5) is 11.5 Å². The Morgan fingerprint density at radius 2 is 2.22 bits per heavy atom. The molecule has 0 radical (unpaired) electrons. The Kier molecular flexibility index (Phi) is 5.06. The summed E-state index contributed by atoms with van der Waals surface area (Å²) in [6, 6.07) is 7.55. The summed E-state index contributed by atoms with van der Waals surface area (Å²) in [5.74, 6) is 0.791. The molecule has 3 aromatic rings. The Balaban J connectivity index is 1.37. The molecule has 1 aliphatic rings. The number of aromatic nitrogens is 4. The summed E-state index contributed by atoms with van der Waals surface area (Å²) >= 11 is 6.13. The first-order valence-electron chi connectivity index (χ1n) is 8.87. The molecule has 0 aliphatic carbocycles. The van der Waals surface area contributed by atoms with Crippen LogP contribution in [0.2, 0.25) is 5.02 Å². The highest BCUT2D eigenvalue weighted by molar-refractivity contribution is 6.33. The number of anilines is 2. The number of amides is 1. The molecule has 0 bridgehead atoms. The Morgan fingerprint density at radius 1 is 1.33 bits per heavy atom. The van der Waals surface area contributed by atoms with Crippen LogP contribution in [0.15, 0.2) is 36.8 Å². The Labute approximate surface area is 161 Å². The lowest BCUT2D eigenvalue weighted by Crippen LogP contribution is -2.47. The van der Waals surface area contributed by atoms with Gasteiger partial charge in [-0.15, -0.1) is 0 Å². The maximum absolute atomic E-state index is 12.6. The van der Waals surface area contributed by atoms with Gasteiger partial charge in [-0.1, -0.05) is 23.7 Å². The van der Waals surface area contributed by atoms with E-state index < -0.39 is 0 Å². The van der Waals surface area contributed by atoms with E-state index in [1.54, 1.807) is 12.3 Å². The number of carbonyl (C=O) groups excluding carboxylic acids is 1. The van der Waals surface area contributed by atoms with E-state index in [1.165, 1.54) is 6.33 Å². The van der Waals surface area contributed by atoms with Crippen LogP contribution < -0.4 is 10.6 Å². The lowest BCUT2D eigenvalue weighted by Gasteiger charge is -2.33. The van der Waals surface area contributed by atoms with E-state index in [-0.39, 0.29) is 18.5 Å². The molecule has 1 fully saturated rings. The van der Waals surface area contributed by atoms with Crippen molar-refractivity contribution in [3.8, 4) is 0 Å². The average molecular weight is 386 g/mol. The molecule has 0 spiro atoms. The van der Waals surface area contributed by atoms with Crippen LogP contribution in [0, 0.1) is 0 Å². The van der Waals surface area contributed by atoms with Gasteiger partial charge in [-0.3, -0.25) is 9.89 Å². The SMILES string of the molecule is O=C(CNc1ccccc1Cl)N1CCCC(Nc2ncnc3[nH]ncc23)C1. The van der Waals surface area contributed by atoms with Gasteiger partial charge in [-0.05, 0) is 25.0 Å². The summed E-state index contributed by atoms with van der Waals surface area (Å²) in [5, 5.41) is 14.8. The zero-order valence-electron chi connectivity index (χ0n) is 14.7. The molecular formula is C18H20ClN7O. The number of benzene rings is 1. The molecule has 9 heteroatoms. The van der Waals surface area contributed by atoms with Gasteiger partial charge in [0.05, 0.1) is 28.8 Å². The van der Waals surface area contributed by atoms with Gasteiger partial charge in [0.15, 0.2) is 5.65 Å². The van der Waals surface area contributed by atoms with Gasteiger partial charge >= 0.3 is 0 Å². The summed E-state index contributed by atoms with van der Waals surface area (Å²) in [4.78, 5) is 22.9. The van der Waals surface area contributed by atoms with E-state index in [9.17, 15) is 4.79 Å². The lowest BCUT2D eigenvalue weighted by molar-refractivity contribution is -0.130. The highest BCUT2D eigenvalue weighted by Gasteiger charge is 2.24. The molecule has 1 saturated heterocycles. The smallest absolute Gasteiger partial charge is 0.241 e. The van der Waals surface area contributed by atoms with Crippen molar-refractivity contribution in [1.82, 2.24) is 25.1 Å². The fourth-order valence-corrected chi connectivity index (χ4v) is 3.48. The van der Waals surface area contributed by atoms with E-state index in [1.807, 2.05) is 23.1 Å². The monoisotopic (exact) mass is 385 g/mol. The summed E-state index contributed by atoms with van der Waals surface area (Å²) in [5.41, 5.74) is 1.46. The predicted octanol–water partition coefficient (Wildman–Crippen LogP) is 2.52. The minimum Gasteiger partial charge on any atom is -0.375 e. The maximum atomic E-state index is 12.6. The second kappa shape index (κ2) is 7.79. The molecule has 1 amide bonds. The van der Waals surface area contributed by atoms with Crippen LogP contribution in [-0.2, 0) is 4.79 Å². The summed E-state index contributed by atoms with van der Waals surface area (Å²) in [6.07, 6.45) is 5.12. The number of para-hydroxylation sites is 1. The van der Waals surface area contributed by atoms with E-state index in [0.29, 0.717) is 17.2 Å². The average Bonchev–Trinajstić information content (AvgIpc) is 3.17. The molecule has 140 valence electrons. The standard InChI is InChI=1S/C18H20ClN7O/c19-14-5-1-2-6-15(14)20-9-16(27)26-7-3-4-12(10-26)24-17-13-8-23-25-18(13)22-11-21-17/h1-2,5-6,8,11-12,20H,3-4,7,9-10H2,(H2,21,22,23,24,25). The molecule has 1 aliphatic heterocycles. The molecule has 0 saturated carbocycles. The number of carbonyl (C=O) groups is 1. The van der Waals surface area contributed by atoms with Gasteiger partial charge in [0.2, 0.25) is 5.91 Å². The third-order valence-electron chi connectivity index (χ3n) is 4.67. The van der Waals surface area contributed by atoms with Crippen LogP contribution in [0.5, 0.6) is 0 Å². The number of nitrogens with one attached hydrogen (secondary N) is 3. The van der Waals surface area contributed by atoms with Crippen molar-refractivity contribution in [3.63, 3.8) is 0 Å². The van der Waals surface area contributed by atoms with Gasteiger partial charge in [-0.2, -0.15) is 5.10 Å². The summed E-state index contributed by atoms with van der Waals surface area (Å²) < 4.78 is 0. The number of nitrogens with zero attached hydrogens (tertiary/aromatic N) is 4. The van der Waals surface area contributed by atoms with Gasteiger partial charge in [0.25, 0.3) is 0 Å². The van der Waals surface area contributed by atoms with Crippen LogP contribution in [-0.4, -0.2) is 56.6 Å². The zero-order valence-corrected chi connectivity index (χ0v) is 15.4. The Bertz CT molecular complexity index is 944. The number of halogens is 1. The second-order valence-corrected chi connectivity index (χ2v) is 6.92. The van der Waals surface area contributed by atoms with Crippen LogP contribution in [0.25, 0.3) is 11.0 Å². The van der Waals surface area contributed by atoms with Crippen molar-refractivity contribution in [1.29, 1.82) is 0 Å².